The molecule has 2 rings (SSSR count). The Morgan fingerprint density at radius 2 is 2.24 bits per heavy atom. The van der Waals surface area contributed by atoms with Gasteiger partial charge in [0.15, 0.2) is 0 Å². The van der Waals surface area contributed by atoms with Gasteiger partial charge in [-0.15, -0.1) is 0 Å². The van der Waals surface area contributed by atoms with Crippen molar-refractivity contribution in [2.45, 2.75) is 24.9 Å². The van der Waals surface area contributed by atoms with Crippen LogP contribution in [-0.4, -0.2) is 35.8 Å². The third-order valence-corrected chi connectivity index (χ3v) is 4.22. The van der Waals surface area contributed by atoms with E-state index in [1.165, 1.54) is 17.5 Å². The Bertz CT molecular complexity index is 378. The zero-order valence-electron chi connectivity index (χ0n) is 10.6. The molecule has 2 unspecified atom stereocenters. The lowest BCUT2D eigenvalue weighted by Gasteiger charge is -2.31. The van der Waals surface area contributed by atoms with E-state index < -0.39 is 5.60 Å². The van der Waals surface area contributed by atoms with Crippen LogP contribution in [-0.2, 0) is 6.42 Å². The summed E-state index contributed by atoms with van der Waals surface area (Å²) in [6.45, 7) is 3.54. The fourth-order valence-electron chi connectivity index (χ4n) is 2.42. The molecule has 3 heteroatoms. The SMILES string of the molecule is CSCC(C)(O)CNCC1Cc2ccccc21. The lowest BCUT2D eigenvalue weighted by atomic mass is 9.77. The number of thioether (sulfide) groups is 1. The van der Waals surface area contributed by atoms with Crippen LogP contribution in [0.2, 0.25) is 0 Å². The molecule has 1 aromatic carbocycles. The summed E-state index contributed by atoms with van der Waals surface area (Å²) in [4.78, 5) is 0. The maximum absolute atomic E-state index is 10.0. The average molecular weight is 251 g/mol. The van der Waals surface area contributed by atoms with Crippen LogP contribution in [0.5, 0.6) is 0 Å². The van der Waals surface area contributed by atoms with Gasteiger partial charge >= 0.3 is 0 Å². The lowest BCUT2D eigenvalue weighted by Crippen LogP contribution is -2.42. The maximum Gasteiger partial charge on any atom is 0.0833 e. The number of nitrogens with one attached hydrogen (secondary N) is 1. The predicted molar refractivity (Wildman–Crippen MR) is 74.8 cm³/mol. The van der Waals surface area contributed by atoms with Gasteiger partial charge in [-0.1, -0.05) is 24.3 Å². The first kappa shape index (κ1) is 12.9. The number of hydrogen-bond donors (Lipinski definition) is 2. The molecule has 0 aromatic heterocycles. The Labute approximate surface area is 108 Å². The first-order valence-electron chi connectivity index (χ1n) is 6.12. The number of hydrogen-bond acceptors (Lipinski definition) is 3. The first-order chi connectivity index (χ1) is 8.12. The van der Waals surface area contributed by atoms with Gasteiger partial charge in [-0.25, -0.2) is 0 Å². The number of fused-ring (bicyclic) bond motifs is 1. The fourth-order valence-corrected chi connectivity index (χ4v) is 3.15. The molecule has 0 aliphatic heterocycles. The molecule has 0 radical (unpaired) electrons. The molecule has 1 aliphatic rings. The molecular weight excluding hydrogens is 230 g/mol. The highest BCUT2D eigenvalue weighted by molar-refractivity contribution is 7.98. The van der Waals surface area contributed by atoms with E-state index in [1.54, 1.807) is 11.8 Å². The van der Waals surface area contributed by atoms with Gasteiger partial charge < -0.3 is 10.4 Å². The van der Waals surface area contributed by atoms with Crippen molar-refractivity contribution in [1.29, 1.82) is 0 Å². The first-order valence-corrected chi connectivity index (χ1v) is 7.51. The third-order valence-electron chi connectivity index (χ3n) is 3.31. The van der Waals surface area contributed by atoms with Crippen molar-refractivity contribution >= 4 is 11.8 Å². The second-order valence-electron chi connectivity index (χ2n) is 5.16. The minimum atomic E-state index is -0.595. The van der Waals surface area contributed by atoms with Crippen LogP contribution in [0.3, 0.4) is 0 Å². The van der Waals surface area contributed by atoms with E-state index in [1.807, 2.05) is 13.2 Å². The Morgan fingerprint density at radius 3 is 2.94 bits per heavy atom. The molecule has 17 heavy (non-hydrogen) atoms. The van der Waals surface area contributed by atoms with Gasteiger partial charge in [0.25, 0.3) is 0 Å². The quantitative estimate of drug-likeness (QED) is 0.811. The van der Waals surface area contributed by atoms with E-state index in [-0.39, 0.29) is 0 Å². The van der Waals surface area contributed by atoms with E-state index in [2.05, 4.69) is 29.6 Å². The van der Waals surface area contributed by atoms with Gasteiger partial charge in [-0.2, -0.15) is 11.8 Å². The van der Waals surface area contributed by atoms with Crippen molar-refractivity contribution in [2.24, 2.45) is 0 Å². The molecule has 1 aliphatic carbocycles. The standard InChI is InChI=1S/C14H21NOS/c1-14(16,10-17-2)9-15-8-12-7-11-5-3-4-6-13(11)12/h3-6,12,15-16H,7-10H2,1-2H3. The van der Waals surface area contributed by atoms with Crippen LogP contribution in [0.15, 0.2) is 24.3 Å². The molecule has 2 nitrogen and oxygen atoms in total. The summed E-state index contributed by atoms with van der Waals surface area (Å²) >= 11 is 1.69. The molecule has 0 saturated carbocycles. The zero-order chi connectivity index (χ0) is 12.3. The highest BCUT2D eigenvalue weighted by Crippen LogP contribution is 2.33. The van der Waals surface area contributed by atoms with Gasteiger partial charge in [0.05, 0.1) is 5.60 Å². The molecule has 94 valence electrons. The van der Waals surface area contributed by atoms with E-state index >= 15 is 0 Å². The summed E-state index contributed by atoms with van der Waals surface area (Å²) in [5, 5.41) is 13.4. The number of benzene rings is 1. The molecule has 0 amide bonds. The molecule has 0 spiro atoms. The van der Waals surface area contributed by atoms with E-state index in [9.17, 15) is 5.11 Å². The van der Waals surface area contributed by atoms with Crippen LogP contribution in [0, 0.1) is 0 Å². The summed E-state index contributed by atoms with van der Waals surface area (Å²) in [6, 6.07) is 8.63. The average Bonchev–Trinajstić information content (AvgIpc) is 2.24. The number of rotatable bonds is 6. The predicted octanol–water partition coefficient (Wildman–Crippen LogP) is 2.03. The lowest BCUT2D eigenvalue weighted by molar-refractivity contribution is 0.0844. The van der Waals surface area contributed by atoms with E-state index in [4.69, 9.17) is 0 Å². The highest BCUT2D eigenvalue weighted by Gasteiger charge is 2.26. The van der Waals surface area contributed by atoms with Crippen molar-refractivity contribution in [1.82, 2.24) is 5.32 Å². The zero-order valence-corrected chi connectivity index (χ0v) is 11.4. The van der Waals surface area contributed by atoms with E-state index in [0.29, 0.717) is 12.5 Å². The summed E-state index contributed by atoms with van der Waals surface area (Å²) in [7, 11) is 0. The minimum Gasteiger partial charge on any atom is -0.388 e. The van der Waals surface area contributed by atoms with Gasteiger partial charge in [-0.3, -0.25) is 0 Å². The molecular formula is C14H21NOS. The van der Waals surface area contributed by atoms with Crippen LogP contribution in [0.25, 0.3) is 0 Å². The molecule has 2 atom stereocenters. The van der Waals surface area contributed by atoms with Crippen LogP contribution >= 0.6 is 11.8 Å². The van der Waals surface area contributed by atoms with Crippen molar-refractivity contribution in [3.63, 3.8) is 0 Å². The van der Waals surface area contributed by atoms with Crippen molar-refractivity contribution in [2.75, 3.05) is 25.1 Å². The molecule has 1 aromatic rings. The third kappa shape index (κ3) is 3.24. The van der Waals surface area contributed by atoms with Gasteiger partial charge in [0, 0.05) is 24.8 Å². The van der Waals surface area contributed by atoms with Crippen molar-refractivity contribution in [3.8, 4) is 0 Å². The normalized spacial score (nSPS) is 21.5. The molecule has 0 heterocycles. The van der Waals surface area contributed by atoms with Gasteiger partial charge in [0.2, 0.25) is 0 Å². The Hall–Kier alpha value is -0.510. The van der Waals surface area contributed by atoms with Crippen molar-refractivity contribution in [3.05, 3.63) is 35.4 Å². The van der Waals surface area contributed by atoms with E-state index in [0.717, 1.165) is 12.3 Å². The summed E-state index contributed by atoms with van der Waals surface area (Å²) in [6.07, 6.45) is 3.20. The Kier molecular flexibility index (Phi) is 4.13. The maximum atomic E-state index is 10.0. The summed E-state index contributed by atoms with van der Waals surface area (Å²) in [5.74, 6) is 1.41. The molecule has 2 N–H and O–H groups in total. The smallest absolute Gasteiger partial charge is 0.0833 e. The van der Waals surface area contributed by atoms with Gasteiger partial charge in [0.1, 0.15) is 0 Å². The van der Waals surface area contributed by atoms with Crippen LogP contribution in [0.4, 0.5) is 0 Å². The largest absolute Gasteiger partial charge is 0.388 e. The summed E-state index contributed by atoms with van der Waals surface area (Å²) in [5.41, 5.74) is 2.36. The monoisotopic (exact) mass is 251 g/mol. The minimum absolute atomic E-state index is 0.595. The molecule has 0 fully saturated rings. The molecule has 0 saturated heterocycles. The number of aliphatic hydroxyl groups is 1. The van der Waals surface area contributed by atoms with Crippen molar-refractivity contribution < 1.29 is 5.11 Å². The van der Waals surface area contributed by atoms with Crippen LogP contribution < -0.4 is 5.32 Å². The summed E-state index contributed by atoms with van der Waals surface area (Å²) < 4.78 is 0. The van der Waals surface area contributed by atoms with Gasteiger partial charge in [-0.05, 0) is 30.7 Å². The fraction of sp³-hybridized carbons (Fsp3) is 0.571. The second kappa shape index (κ2) is 5.42. The Balaban J connectivity index is 1.75. The van der Waals surface area contributed by atoms with Crippen LogP contribution in [0.1, 0.15) is 24.0 Å². The Morgan fingerprint density at radius 1 is 1.47 bits per heavy atom. The topological polar surface area (TPSA) is 32.3 Å². The molecule has 0 bridgehead atoms. The highest BCUT2D eigenvalue weighted by atomic mass is 32.2. The second-order valence-corrected chi connectivity index (χ2v) is 6.03.